The number of nitrogens with one attached hydrogen (secondary N) is 1. The molecule has 1 aliphatic heterocycles. The van der Waals surface area contributed by atoms with Crippen molar-refractivity contribution in [3.63, 3.8) is 0 Å². The summed E-state index contributed by atoms with van der Waals surface area (Å²) in [7, 11) is 0. The molecule has 1 heterocycles. The molecule has 0 unspecified atom stereocenters. The number of rotatable bonds is 5. The van der Waals surface area contributed by atoms with E-state index in [0.29, 0.717) is 31.7 Å². The maximum atomic E-state index is 12.5. The summed E-state index contributed by atoms with van der Waals surface area (Å²) < 4.78 is 5.67. The molecule has 0 atom stereocenters. The molecule has 1 fully saturated rings. The maximum Gasteiger partial charge on any atom is 0.260 e. The predicted octanol–water partition coefficient (Wildman–Crippen LogP) is 4.24. The lowest BCUT2D eigenvalue weighted by Gasteiger charge is -2.31. The van der Waals surface area contributed by atoms with Crippen LogP contribution in [0.4, 0.5) is 5.69 Å². The van der Waals surface area contributed by atoms with Crippen molar-refractivity contribution < 1.29 is 14.3 Å². The number of piperidine rings is 1. The first-order valence-corrected chi connectivity index (χ1v) is 10.2. The van der Waals surface area contributed by atoms with Crippen molar-refractivity contribution in [1.82, 2.24) is 4.90 Å². The van der Waals surface area contributed by atoms with Crippen molar-refractivity contribution >= 4 is 17.5 Å². The van der Waals surface area contributed by atoms with Crippen LogP contribution in [0.5, 0.6) is 5.75 Å². The lowest BCUT2D eigenvalue weighted by Crippen LogP contribution is -2.43. The zero-order chi connectivity index (χ0) is 20.9. The van der Waals surface area contributed by atoms with Crippen LogP contribution in [0.2, 0.25) is 0 Å². The second kappa shape index (κ2) is 9.12. The third-order valence-electron chi connectivity index (χ3n) is 5.34. The Morgan fingerprint density at radius 2 is 1.62 bits per heavy atom. The second-order valence-electron chi connectivity index (χ2n) is 8.57. The van der Waals surface area contributed by atoms with Crippen LogP contribution in [0, 0.1) is 5.92 Å². The SMILES string of the molecule is CC(C)(C)c1ccc(OCC(=O)N2CCC(C(=O)Nc3ccccc3)CC2)cc1. The number of carbonyl (C=O) groups is 2. The smallest absolute Gasteiger partial charge is 0.260 e. The zero-order valence-corrected chi connectivity index (χ0v) is 17.5. The number of ether oxygens (including phenoxy) is 1. The highest BCUT2D eigenvalue weighted by atomic mass is 16.5. The molecule has 5 nitrogen and oxygen atoms in total. The molecule has 0 spiro atoms. The fraction of sp³-hybridized carbons (Fsp3) is 0.417. The van der Waals surface area contributed by atoms with E-state index >= 15 is 0 Å². The van der Waals surface area contributed by atoms with Crippen molar-refractivity contribution in [3.05, 3.63) is 60.2 Å². The number of likely N-dealkylation sites (tertiary alicyclic amines) is 1. The van der Waals surface area contributed by atoms with Gasteiger partial charge in [-0.2, -0.15) is 0 Å². The molecule has 1 saturated heterocycles. The first kappa shape index (κ1) is 20.9. The molecule has 29 heavy (non-hydrogen) atoms. The Balaban J connectivity index is 1.43. The molecule has 3 rings (SSSR count). The lowest BCUT2D eigenvalue weighted by atomic mass is 9.87. The van der Waals surface area contributed by atoms with Crippen molar-refractivity contribution in [2.45, 2.75) is 39.0 Å². The molecule has 0 bridgehead atoms. The van der Waals surface area contributed by atoms with Gasteiger partial charge in [-0.25, -0.2) is 0 Å². The van der Waals surface area contributed by atoms with Gasteiger partial charge >= 0.3 is 0 Å². The van der Waals surface area contributed by atoms with Gasteiger partial charge in [0.05, 0.1) is 0 Å². The Hall–Kier alpha value is -2.82. The van der Waals surface area contributed by atoms with E-state index in [1.165, 1.54) is 5.56 Å². The minimum absolute atomic E-state index is 0.0236. The Labute approximate surface area is 173 Å². The van der Waals surface area contributed by atoms with Gasteiger partial charge < -0.3 is 15.0 Å². The third-order valence-corrected chi connectivity index (χ3v) is 5.34. The molecule has 2 aromatic rings. The monoisotopic (exact) mass is 394 g/mol. The average molecular weight is 395 g/mol. The normalized spacial score (nSPS) is 15.1. The molecule has 1 aliphatic rings. The fourth-order valence-electron chi connectivity index (χ4n) is 3.44. The van der Waals surface area contributed by atoms with E-state index in [9.17, 15) is 9.59 Å². The van der Waals surface area contributed by atoms with Gasteiger partial charge in [-0.15, -0.1) is 0 Å². The number of benzene rings is 2. The molecule has 5 heteroatoms. The van der Waals surface area contributed by atoms with Gasteiger partial charge in [-0.1, -0.05) is 51.1 Å². The second-order valence-corrected chi connectivity index (χ2v) is 8.57. The van der Waals surface area contributed by atoms with Crippen LogP contribution in [0.3, 0.4) is 0 Å². The van der Waals surface area contributed by atoms with E-state index < -0.39 is 0 Å². The summed E-state index contributed by atoms with van der Waals surface area (Å²) in [5.41, 5.74) is 2.12. The number of nitrogens with zero attached hydrogens (tertiary/aromatic N) is 1. The molecule has 2 amide bonds. The summed E-state index contributed by atoms with van der Waals surface area (Å²) in [6, 6.07) is 17.4. The van der Waals surface area contributed by atoms with E-state index in [4.69, 9.17) is 4.74 Å². The fourth-order valence-corrected chi connectivity index (χ4v) is 3.44. The van der Waals surface area contributed by atoms with Crippen LogP contribution in [-0.2, 0) is 15.0 Å². The van der Waals surface area contributed by atoms with Crippen LogP contribution in [0.1, 0.15) is 39.2 Å². The Bertz CT molecular complexity index is 817. The van der Waals surface area contributed by atoms with Gasteiger partial charge in [0.15, 0.2) is 6.61 Å². The van der Waals surface area contributed by atoms with Crippen molar-refractivity contribution in [2.75, 3.05) is 25.0 Å². The number of hydrogen-bond donors (Lipinski definition) is 1. The molecular formula is C24H30N2O3. The standard InChI is InChI=1S/C24H30N2O3/c1-24(2,3)19-9-11-21(12-10-19)29-17-22(27)26-15-13-18(14-16-26)23(28)25-20-7-5-4-6-8-20/h4-12,18H,13-17H2,1-3H3,(H,25,28). The van der Waals surface area contributed by atoms with Gasteiger partial charge in [0.2, 0.25) is 5.91 Å². The Morgan fingerprint density at radius 3 is 2.21 bits per heavy atom. The summed E-state index contributed by atoms with van der Waals surface area (Å²) in [6.07, 6.45) is 1.34. The van der Waals surface area contributed by atoms with E-state index in [1.807, 2.05) is 54.6 Å². The van der Waals surface area contributed by atoms with Crippen LogP contribution in [0.25, 0.3) is 0 Å². The summed E-state index contributed by atoms with van der Waals surface area (Å²) in [4.78, 5) is 26.7. The number of hydrogen-bond acceptors (Lipinski definition) is 3. The molecule has 2 aromatic carbocycles. The van der Waals surface area contributed by atoms with Crippen molar-refractivity contribution in [2.24, 2.45) is 5.92 Å². The molecule has 154 valence electrons. The van der Waals surface area contributed by atoms with Crippen LogP contribution in [-0.4, -0.2) is 36.4 Å². The Morgan fingerprint density at radius 1 is 1.00 bits per heavy atom. The van der Waals surface area contributed by atoms with Crippen molar-refractivity contribution in [1.29, 1.82) is 0 Å². The number of amides is 2. The minimum Gasteiger partial charge on any atom is -0.484 e. The average Bonchev–Trinajstić information content (AvgIpc) is 2.72. The van der Waals surface area contributed by atoms with Gasteiger partial charge in [0.25, 0.3) is 5.91 Å². The van der Waals surface area contributed by atoms with Crippen LogP contribution < -0.4 is 10.1 Å². The van der Waals surface area contributed by atoms with E-state index in [2.05, 4.69) is 26.1 Å². The summed E-state index contributed by atoms with van der Waals surface area (Å²) >= 11 is 0. The zero-order valence-electron chi connectivity index (χ0n) is 17.5. The van der Waals surface area contributed by atoms with Crippen LogP contribution >= 0.6 is 0 Å². The molecule has 0 saturated carbocycles. The van der Waals surface area contributed by atoms with Crippen molar-refractivity contribution in [3.8, 4) is 5.75 Å². The Kier molecular flexibility index (Phi) is 6.57. The molecular weight excluding hydrogens is 364 g/mol. The topological polar surface area (TPSA) is 58.6 Å². The number of carbonyl (C=O) groups excluding carboxylic acids is 2. The summed E-state index contributed by atoms with van der Waals surface area (Å²) in [6.45, 7) is 7.67. The molecule has 0 aliphatic carbocycles. The summed E-state index contributed by atoms with van der Waals surface area (Å²) in [5, 5.41) is 2.95. The highest BCUT2D eigenvalue weighted by Crippen LogP contribution is 2.24. The largest absolute Gasteiger partial charge is 0.484 e. The number of para-hydroxylation sites is 1. The highest BCUT2D eigenvalue weighted by Gasteiger charge is 2.27. The predicted molar refractivity (Wildman–Crippen MR) is 115 cm³/mol. The summed E-state index contributed by atoms with van der Waals surface area (Å²) in [5.74, 6) is 0.624. The van der Waals surface area contributed by atoms with Gasteiger partial charge in [-0.05, 0) is 48.1 Å². The van der Waals surface area contributed by atoms with Gasteiger partial charge in [-0.3, -0.25) is 9.59 Å². The quantitative estimate of drug-likeness (QED) is 0.825. The van der Waals surface area contributed by atoms with E-state index in [0.717, 1.165) is 5.69 Å². The van der Waals surface area contributed by atoms with Gasteiger partial charge in [0, 0.05) is 24.7 Å². The first-order valence-electron chi connectivity index (χ1n) is 10.2. The van der Waals surface area contributed by atoms with Crippen LogP contribution in [0.15, 0.2) is 54.6 Å². The van der Waals surface area contributed by atoms with Gasteiger partial charge in [0.1, 0.15) is 5.75 Å². The molecule has 0 radical (unpaired) electrons. The lowest BCUT2D eigenvalue weighted by molar-refractivity contribution is -0.136. The minimum atomic E-state index is -0.0647. The third kappa shape index (κ3) is 5.83. The molecule has 1 N–H and O–H groups in total. The van der Waals surface area contributed by atoms with E-state index in [1.54, 1.807) is 4.90 Å². The first-order chi connectivity index (χ1) is 13.8. The highest BCUT2D eigenvalue weighted by molar-refractivity contribution is 5.92. The molecule has 0 aromatic heterocycles. The number of anilines is 1. The maximum absolute atomic E-state index is 12.5. The van der Waals surface area contributed by atoms with E-state index in [-0.39, 0.29) is 29.8 Å².